The lowest BCUT2D eigenvalue weighted by Gasteiger charge is -2.39. The largest absolute Gasteiger partial charge is 0.408 e. The van der Waals surface area contributed by atoms with Crippen LogP contribution in [-0.4, -0.2) is 29.6 Å². The molecule has 0 bridgehead atoms. The van der Waals surface area contributed by atoms with Crippen molar-refractivity contribution >= 4 is 5.91 Å². The van der Waals surface area contributed by atoms with Gasteiger partial charge in [0.15, 0.2) is 0 Å². The summed E-state index contributed by atoms with van der Waals surface area (Å²) in [6, 6.07) is -1.54. The van der Waals surface area contributed by atoms with E-state index in [0.29, 0.717) is 12.8 Å². The summed E-state index contributed by atoms with van der Waals surface area (Å²) < 4.78 is 38.8. The highest BCUT2D eigenvalue weighted by atomic mass is 19.4. The van der Waals surface area contributed by atoms with Gasteiger partial charge in [-0.05, 0) is 32.1 Å². The van der Waals surface area contributed by atoms with Crippen molar-refractivity contribution in [3.05, 3.63) is 0 Å². The van der Waals surface area contributed by atoms with Crippen LogP contribution in [0.1, 0.15) is 51.4 Å². The fraction of sp³-hybridized carbons (Fsp3) is 0.923. The number of alkyl halides is 3. The summed E-state index contributed by atoms with van der Waals surface area (Å²) in [7, 11) is 0. The van der Waals surface area contributed by atoms with Crippen LogP contribution >= 0.6 is 0 Å². The molecule has 1 saturated carbocycles. The Hall–Kier alpha value is -0.740. The first-order valence-electron chi connectivity index (χ1n) is 6.87. The molecule has 1 saturated heterocycles. The van der Waals surface area contributed by atoms with E-state index in [9.17, 15) is 18.0 Å². The Morgan fingerprint density at radius 1 is 0.944 bits per heavy atom. The van der Waals surface area contributed by atoms with Crippen LogP contribution in [0.5, 0.6) is 0 Å². The van der Waals surface area contributed by atoms with Crippen LogP contribution < -0.4 is 0 Å². The number of piperidine rings is 1. The van der Waals surface area contributed by atoms with Crippen LogP contribution in [0, 0.1) is 5.92 Å². The molecule has 2 rings (SSSR count). The van der Waals surface area contributed by atoms with Gasteiger partial charge in [0.05, 0.1) is 0 Å². The quantitative estimate of drug-likeness (QED) is 0.709. The van der Waals surface area contributed by atoms with Crippen LogP contribution in [0.2, 0.25) is 0 Å². The minimum absolute atomic E-state index is 0.0714. The van der Waals surface area contributed by atoms with Crippen LogP contribution in [-0.2, 0) is 4.79 Å². The molecule has 0 aromatic carbocycles. The molecule has 1 amide bonds. The number of hydrogen-bond acceptors (Lipinski definition) is 1. The number of rotatable bonds is 1. The van der Waals surface area contributed by atoms with Gasteiger partial charge in [0.1, 0.15) is 6.04 Å². The number of nitrogens with zero attached hydrogens (tertiary/aromatic N) is 1. The van der Waals surface area contributed by atoms with E-state index in [2.05, 4.69) is 0 Å². The summed E-state index contributed by atoms with van der Waals surface area (Å²) in [5.41, 5.74) is 0. The van der Waals surface area contributed by atoms with Gasteiger partial charge in [-0.1, -0.05) is 19.3 Å². The van der Waals surface area contributed by atoms with Crippen LogP contribution in [0.25, 0.3) is 0 Å². The monoisotopic (exact) mass is 263 g/mol. The van der Waals surface area contributed by atoms with Gasteiger partial charge in [-0.15, -0.1) is 0 Å². The molecule has 0 N–H and O–H groups in total. The van der Waals surface area contributed by atoms with E-state index in [1.165, 1.54) is 0 Å². The highest BCUT2D eigenvalue weighted by Crippen LogP contribution is 2.34. The van der Waals surface area contributed by atoms with Gasteiger partial charge in [0, 0.05) is 12.5 Å². The van der Waals surface area contributed by atoms with Gasteiger partial charge >= 0.3 is 6.18 Å². The maximum Gasteiger partial charge on any atom is 0.408 e. The van der Waals surface area contributed by atoms with Crippen LogP contribution in [0.4, 0.5) is 13.2 Å². The average molecular weight is 263 g/mol. The molecule has 2 aliphatic rings. The first-order valence-corrected chi connectivity index (χ1v) is 6.87. The zero-order chi connectivity index (χ0) is 13.2. The van der Waals surface area contributed by atoms with Crippen molar-refractivity contribution in [3.8, 4) is 0 Å². The predicted octanol–water partition coefficient (Wildman–Crippen LogP) is 3.51. The van der Waals surface area contributed by atoms with Crippen molar-refractivity contribution in [3.63, 3.8) is 0 Å². The predicted molar refractivity (Wildman–Crippen MR) is 62.0 cm³/mol. The highest BCUT2D eigenvalue weighted by molar-refractivity contribution is 5.79. The normalized spacial score (nSPS) is 27.3. The van der Waals surface area contributed by atoms with Gasteiger partial charge in [0.2, 0.25) is 5.91 Å². The molecule has 0 aromatic rings. The second-order valence-electron chi connectivity index (χ2n) is 5.42. The number of carbonyl (C=O) groups excluding carboxylic acids is 1. The molecule has 5 heteroatoms. The molecule has 1 unspecified atom stereocenters. The fourth-order valence-electron chi connectivity index (χ4n) is 3.12. The first kappa shape index (κ1) is 13.7. The zero-order valence-electron chi connectivity index (χ0n) is 10.5. The lowest BCUT2D eigenvalue weighted by Crippen LogP contribution is -2.53. The van der Waals surface area contributed by atoms with Crippen molar-refractivity contribution in [2.24, 2.45) is 5.92 Å². The van der Waals surface area contributed by atoms with Crippen molar-refractivity contribution in [1.82, 2.24) is 4.90 Å². The summed E-state index contributed by atoms with van der Waals surface area (Å²) in [5, 5.41) is 0. The number of hydrogen-bond donors (Lipinski definition) is 0. The summed E-state index contributed by atoms with van der Waals surface area (Å²) in [6.45, 7) is 0.277. The van der Waals surface area contributed by atoms with Gasteiger partial charge < -0.3 is 4.90 Å². The lowest BCUT2D eigenvalue weighted by atomic mass is 9.87. The average Bonchev–Trinajstić information content (AvgIpc) is 2.38. The Morgan fingerprint density at radius 3 is 2.17 bits per heavy atom. The van der Waals surface area contributed by atoms with E-state index in [0.717, 1.165) is 37.0 Å². The Labute approximate surface area is 106 Å². The molecule has 1 atom stereocenters. The fourth-order valence-corrected chi connectivity index (χ4v) is 3.12. The molecule has 1 heterocycles. The Balaban J connectivity index is 2.05. The first-order chi connectivity index (χ1) is 8.50. The number of likely N-dealkylation sites (tertiary alicyclic amines) is 1. The third-order valence-corrected chi connectivity index (χ3v) is 4.12. The van der Waals surface area contributed by atoms with Crippen molar-refractivity contribution in [2.75, 3.05) is 6.54 Å². The van der Waals surface area contributed by atoms with Crippen molar-refractivity contribution < 1.29 is 18.0 Å². The molecule has 1 aliphatic heterocycles. The van der Waals surface area contributed by atoms with E-state index < -0.39 is 12.2 Å². The SMILES string of the molecule is O=C(C1CCCCC1)N1CCCCC1C(F)(F)F. The van der Waals surface area contributed by atoms with Crippen LogP contribution in [0.15, 0.2) is 0 Å². The molecule has 0 radical (unpaired) electrons. The Morgan fingerprint density at radius 2 is 1.56 bits per heavy atom. The summed E-state index contributed by atoms with van der Waals surface area (Å²) in [5.74, 6) is -0.418. The number of amides is 1. The van der Waals surface area contributed by atoms with E-state index >= 15 is 0 Å². The number of halogens is 3. The number of carbonyl (C=O) groups is 1. The van der Waals surface area contributed by atoms with E-state index in [-0.39, 0.29) is 24.8 Å². The Kier molecular flexibility index (Phi) is 4.17. The van der Waals surface area contributed by atoms with E-state index in [4.69, 9.17) is 0 Å². The molecule has 0 spiro atoms. The second kappa shape index (κ2) is 5.49. The molecule has 2 nitrogen and oxygen atoms in total. The minimum atomic E-state index is -4.27. The Bertz CT molecular complexity index is 297. The molecule has 18 heavy (non-hydrogen) atoms. The van der Waals surface area contributed by atoms with Gasteiger partial charge in [-0.3, -0.25) is 4.79 Å². The maximum atomic E-state index is 12.9. The van der Waals surface area contributed by atoms with Crippen molar-refractivity contribution in [1.29, 1.82) is 0 Å². The lowest BCUT2D eigenvalue weighted by molar-refractivity contribution is -0.198. The second-order valence-corrected chi connectivity index (χ2v) is 5.42. The summed E-state index contributed by atoms with van der Waals surface area (Å²) >= 11 is 0. The molecule has 104 valence electrons. The molecule has 2 fully saturated rings. The third kappa shape index (κ3) is 2.98. The van der Waals surface area contributed by atoms with E-state index in [1.54, 1.807) is 0 Å². The smallest absolute Gasteiger partial charge is 0.330 e. The zero-order valence-corrected chi connectivity index (χ0v) is 10.5. The van der Waals surface area contributed by atoms with Crippen LogP contribution in [0.3, 0.4) is 0 Å². The van der Waals surface area contributed by atoms with Gasteiger partial charge in [-0.25, -0.2) is 0 Å². The molecule has 1 aliphatic carbocycles. The minimum Gasteiger partial charge on any atom is -0.330 e. The standard InChI is InChI=1S/C13H20F3NO/c14-13(15,16)11-8-4-5-9-17(11)12(18)10-6-2-1-3-7-10/h10-11H,1-9H2. The van der Waals surface area contributed by atoms with Gasteiger partial charge in [-0.2, -0.15) is 13.2 Å². The summed E-state index contributed by atoms with van der Waals surface area (Å²) in [6.07, 6.45) is 1.64. The highest BCUT2D eigenvalue weighted by Gasteiger charge is 2.47. The summed E-state index contributed by atoms with van der Waals surface area (Å²) in [4.78, 5) is 13.3. The third-order valence-electron chi connectivity index (χ3n) is 4.12. The van der Waals surface area contributed by atoms with Gasteiger partial charge in [0.25, 0.3) is 0 Å². The van der Waals surface area contributed by atoms with Crippen molar-refractivity contribution in [2.45, 2.75) is 63.6 Å². The topological polar surface area (TPSA) is 20.3 Å². The molecular weight excluding hydrogens is 243 g/mol. The van der Waals surface area contributed by atoms with E-state index in [1.807, 2.05) is 0 Å². The maximum absolute atomic E-state index is 12.9. The molecular formula is C13H20F3NO. The molecule has 0 aromatic heterocycles.